The lowest BCUT2D eigenvalue weighted by Gasteiger charge is -2.13. The molecular formula is C23H17ClN2O5S. The molecule has 3 aromatic rings. The van der Waals surface area contributed by atoms with Gasteiger partial charge in [-0.3, -0.25) is 19.3 Å². The maximum Gasteiger partial charge on any atom is 0.294 e. The summed E-state index contributed by atoms with van der Waals surface area (Å²) in [6.07, 6.45) is 1.50. The number of thioether (sulfide) groups is 1. The number of ether oxygens (including phenoxy) is 1. The fourth-order valence-electron chi connectivity index (χ4n) is 3.04. The number of nitrogens with zero attached hydrogens (tertiary/aromatic N) is 1. The van der Waals surface area contributed by atoms with E-state index >= 15 is 0 Å². The van der Waals surface area contributed by atoms with Gasteiger partial charge in [0.25, 0.3) is 11.1 Å². The first-order valence-electron chi connectivity index (χ1n) is 9.48. The summed E-state index contributed by atoms with van der Waals surface area (Å²) in [5.41, 5.74) is 1.32. The molecule has 32 heavy (non-hydrogen) atoms. The van der Waals surface area contributed by atoms with Crippen molar-refractivity contribution in [3.05, 3.63) is 76.4 Å². The van der Waals surface area contributed by atoms with Gasteiger partial charge < -0.3 is 14.5 Å². The fraction of sp³-hybridized carbons (Fsp3) is 0.0870. The second-order valence-electron chi connectivity index (χ2n) is 6.73. The van der Waals surface area contributed by atoms with Crippen LogP contribution in [0.4, 0.5) is 10.5 Å². The standard InChI is InChI=1S/C23H17ClN2O5S/c1-30-19-9-7-15(11-17(19)24)25-21(27)13-26-22(28)20(32-23(26)29)12-16-8-10-18(31-16)14-5-3-2-4-6-14/h2-12H,13H2,1H3,(H,25,27). The van der Waals surface area contributed by atoms with Crippen molar-refractivity contribution in [2.24, 2.45) is 0 Å². The second-order valence-corrected chi connectivity index (χ2v) is 8.13. The zero-order chi connectivity index (χ0) is 22.7. The van der Waals surface area contributed by atoms with Crippen LogP contribution in [-0.2, 0) is 9.59 Å². The van der Waals surface area contributed by atoms with Crippen LogP contribution in [-0.4, -0.2) is 35.6 Å². The van der Waals surface area contributed by atoms with E-state index < -0.39 is 23.6 Å². The highest BCUT2D eigenvalue weighted by Crippen LogP contribution is 2.33. The first kappa shape index (κ1) is 21.7. The highest BCUT2D eigenvalue weighted by molar-refractivity contribution is 8.18. The molecule has 2 aromatic carbocycles. The molecule has 1 fully saturated rings. The number of furan rings is 1. The molecule has 1 saturated heterocycles. The number of benzene rings is 2. The lowest BCUT2D eigenvalue weighted by atomic mass is 10.2. The van der Waals surface area contributed by atoms with Gasteiger partial charge >= 0.3 is 0 Å². The van der Waals surface area contributed by atoms with Gasteiger partial charge in [0, 0.05) is 17.3 Å². The maximum atomic E-state index is 12.7. The Bertz CT molecular complexity index is 1220. The third-order valence-electron chi connectivity index (χ3n) is 4.57. The van der Waals surface area contributed by atoms with Crippen molar-refractivity contribution in [1.29, 1.82) is 0 Å². The Morgan fingerprint density at radius 3 is 2.66 bits per heavy atom. The molecule has 0 unspecified atom stereocenters. The van der Waals surface area contributed by atoms with Crippen LogP contribution in [0.2, 0.25) is 5.02 Å². The highest BCUT2D eigenvalue weighted by Gasteiger charge is 2.36. The molecule has 162 valence electrons. The van der Waals surface area contributed by atoms with Crippen LogP contribution in [0.1, 0.15) is 5.76 Å². The van der Waals surface area contributed by atoms with Crippen molar-refractivity contribution in [3.63, 3.8) is 0 Å². The van der Waals surface area contributed by atoms with Crippen LogP contribution in [0.15, 0.2) is 70.0 Å². The topological polar surface area (TPSA) is 88.8 Å². The highest BCUT2D eigenvalue weighted by atomic mass is 35.5. The number of amides is 3. The molecule has 1 aliphatic rings. The van der Waals surface area contributed by atoms with E-state index in [0.29, 0.717) is 28.0 Å². The zero-order valence-corrected chi connectivity index (χ0v) is 18.4. The Morgan fingerprint density at radius 2 is 1.94 bits per heavy atom. The molecule has 0 atom stereocenters. The summed E-state index contributed by atoms with van der Waals surface area (Å²) in [6.45, 7) is -0.418. The van der Waals surface area contributed by atoms with E-state index in [-0.39, 0.29) is 4.91 Å². The number of carbonyl (C=O) groups excluding carboxylic acids is 3. The molecular weight excluding hydrogens is 452 g/mol. The minimum absolute atomic E-state index is 0.184. The summed E-state index contributed by atoms with van der Waals surface area (Å²) in [4.78, 5) is 38.4. The molecule has 1 N–H and O–H groups in total. The number of nitrogens with one attached hydrogen (secondary N) is 1. The summed E-state index contributed by atoms with van der Waals surface area (Å²) in [6, 6.07) is 17.8. The van der Waals surface area contributed by atoms with Gasteiger partial charge in [0.1, 0.15) is 23.8 Å². The Balaban J connectivity index is 1.43. The predicted molar refractivity (Wildman–Crippen MR) is 123 cm³/mol. The normalized spacial score (nSPS) is 14.8. The van der Waals surface area contributed by atoms with E-state index in [0.717, 1.165) is 22.2 Å². The Kier molecular flexibility index (Phi) is 6.34. The SMILES string of the molecule is COc1ccc(NC(=O)CN2C(=O)SC(=Cc3ccc(-c4ccccc4)o3)C2=O)cc1Cl. The van der Waals surface area contributed by atoms with E-state index in [4.69, 9.17) is 20.8 Å². The zero-order valence-electron chi connectivity index (χ0n) is 16.8. The van der Waals surface area contributed by atoms with Crippen molar-refractivity contribution in [1.82, 2.24) is 4.90 Å². The number of methoxy groups -OCH3 is 1. The van der Waals surface area contributed by atoms with Gasteiger partial charge in [-0.2, -0.15) is 0 Å². The number of anilines is 1. The van der Waals surface area contributed by atoms with Gasteiger partial charge in [0.15, 0.2) is 0 Å². The third-order valence-corrected chi connectivity index (χ3v) is 5.77. The molecule has 9 heteroatoms. The maximum absolute atomic E-state index is 12.7. The Labute approximate surface area is 193 Å². The van der Waals surface area contributed by atoms with Gasteiger partial charge in [0.2, 0.25) is 5.91 Å². The summed E-state index contributed by atoms with van der Waals surface area (Å²) in [5.74, 6) is 0.467. The summed E-state index contributed by atoms with van der Waals surface area (Å²) in [5, 5.41) is 2.41. The lowest BCUT2D eigenvalue weighted by Crippen LogP contribution is -2.36. The van der Waals surface area contributed by atoms with E-state index in [1.54, 1.807) is 24.3 Å². The van der Waals surface area contributed by atoms with Gasteiger partial charge in [-0.25, -0.2) is 0 Å². The first-order valence-corrected chi connectivity index (χ1v) is 10.7. The lowest BCUT2D eigenvalue weighted by molar-refractivity contribution is -0.127. The van der Waals surface area contributed by atoms with Crippen LogP contribution in [0.25, 0.3) is 17.4 Å². The van der Waals surface area contributed by atoms with Crippen LogP contribution in [0.3, 0.4) is 0 Å². The molecule has 1 aliphatic heterocycles. The molecule has 0 bridgehead atoms. The molecule has 0 aliphatic carbocycles. The number of rotatable bonds is 6. The fourth-order valence-corrected chi connectivity index (χ4v) is 4.12. The quantitative estimate of drug-likeness (QED) is 0.495. The van der Waals surface area contributed by atoms with Crippen LogP contribution in [0, 0.1) is 0 Å². The molecule has 4 rings (SSSR count). The number of halogens is 1. The van der Waals surface area contributed by atoms with Gasteiger partial charge in [0.05, 0.1) is 17.0 Å². The van der Waals surface area contributed by atoms with Gasteiger partial charge in [-0.05, 0) is 42.1 Å². The molecule has 0 spiro atoms. The van der Waals surface area contributed by atoms with E-state index in [1.165, 1.54) is 19.3 Å². The van der Waals surface area contributed by atoms with Crippen molar-refractivity contribution in [2.75, 3.05) is 19.0 Å². The second kappa shape index (κ2) is 9.33. The Hall–Kier alpha value is -3.49. The van der Waals surface area contributed by atoms with E-state index in [9.17, 15) is 14.4 Å². The smallest absolute Gasteiger partial charge is 0.294 e. The van der Waals surface area contributed by atoms with Gasteiger partial charge in [-0.15, -0.1) is 0 Å². The van der Waals surface area contributed by atoms with Crippen molar-refractivity contribution >= 4 is 52.2 Å². The van der Waals surface area contributed by atoms with Crippen molar-refractivity contribution < 1.29 is 23.5 Å². The first-order chi connectivity index (χ1) is 15.4. The third kappa shape index (κ3) is 4.71. The molecule has 0 radical (unpaired) electrons. The summed E-state index contributed by atoms with van der Waals surface area (Å²) < 4.78 is 10.8. The van der Waals surface area contributed by atoms with E-state index in [1.807, 2.05) is 30.3 Å². The molecule has 1 aromatic heterocycles. The monoisotopic (exact) mass is 468 g/mol. The van der Waals surface area contributed by atoms with Crippen LogP contribution < -0.4 is 10.1 Å². The van der Waals surface area contributed by atoms with Crippen LogP contribution >= 0.6 is 23.4 Å². The minimum atomic E-state index is -0.555. The van der Waals surface area contributed by atoms with Crippen LogP contribution in [0.5, 0.6) is 5.75 Å². The summed E-state index contributed by atoms with van der Waals surface area (Å²) in [7, 11) is 1.48. The molecule has 0 saturated carbocycles. The molecule has 3 amide bonds. The number of hydrogen-bond acceptors (Lipinski definition) is 6. The molecule has 7 nitrogen and oxygen atoms in total. The van der Waals surface area contributed by atoms with Gasteiger partial charge in [-0.1, -0.05) is 41.9 Å². The largest absolute Gasteiger partial charge is 0.495 e. The number of carbonyl (C=O) groups is 3. The van der Waals surface area contributed by atoms with Crippen molar-refractivity contribution in [3.8, 4) is 17.1 Å². The Morgan fingerprint density at radius 1 is 1.16 bits per heavy atom. The summed E-state index contributed by atoms with van der Waals surface area (Å²) >= 11 is 6.81. The molecule has 2 heterocycles. The number of hydrogen-bond donors (Lipinski definition) is 1. The van der Waals surface area contributed by atoms with Crippen molar-refractivity contribution in [2.45, 2.75) is 0 Å². The predicted octanol–water partition coefficient (Wildman–Crippen LogP) is 5.28. The number of imide groups is 1. The average molecular weight is 469 g/mol. The minimum Gasteiger partial charge on any atom is -0.495 e. The van der Waals surface area contributed by atoms with E-state index in [2.05, 4.69) is 5.32 Å². The average Bonchev–Trinajstić information content (AvgIpc) is 3.35.